The number of carbonyl (C=O) groups is 1. The van der Waals surface area contributed by atoms with E-state index in [1.165, 1.54) is 48.6 Å². The molecule has 2 nitrogen and oxygen atoms in total. The maximum Gasteiger partial charge on any atom is 0.316 e. The molecule has 0 spiro atoms. The summed E-state index contributed by atoms with van der Waals surface area (Å²) >= 11 is 7.37. The average Bonchev–Trinajstić information content (AvgIpc) is 2.65. The second kappa shape index (κ2) is 12.1. The molecule has 1 unspecified atom stereocenters. The Morgan fingerprint density at radius 1 is 0.926 bits per heavy atom. The highest BCUT2D eigenvalue weighted by Crippen LogP contribution is 2.27. The molecule has 0 saturated carbocycles. The number of hydrogen-bond acceptors (Lipinski definition) is 2. The second-order valence-corrected chi connectivity index (χ2v) is 8.76. The van der Waals surface area contributed by atoms with Gasteiger partial charge in [-0.1, -0.05) is 73.5 Å². The number of hydrogen-bond donors (Lipinski definition) is 1. The summed E-state index contributed by atoms with van der Waals surface area (Å²) in [6, 6.07) is 16.2. The Kier molecular flexibility index (Phi) is 9.79. The van der Waals surface area contributed by atoms with Gasteiger partial charge in [-0.25, -0.2) is 0 Å². The summed E-state index contributed by atoms with van der Waals surface area (Å²) in [4.78, 5) is 12.5. The van der Waals surface area contributed by atoms with E-state index in [4.69, 9.17) is 11.6 Å². The topological polar surface area (TPSA) is 37.3 Å². The van der Waals surface area contributed by atoms with Gasteiger partial charge in [0, 0.05) is 9.92 Å². The summed E-state index contributed by atoms with van der Waals surface area (Å²) in [5, 5.41) is 9.90. The molecule has 0 aliphatic rings. The minimum absolute atomic E-state index is 0.349. The van der Waals surface area contributed by atoms with Gasteiger partial charge >= 0.3 is 5.97 Å². The largest absolute Gasteiger partial charge is 0.480 e. The van der Waals surface area contributed by atoms with Crippen LogP contribution in [0.25, 0.3) is 0 Å². The standard InChI is InChI=1S/C23H29ClO2S/c1-18-10-16-21(17-11-18)27-22(23(25)26)9-7-5-3-2-4-6-8-19-12-14-20(24)15-13-19/h10-17,22H,2-9H2,1H3,(H,25,26). The fourth-order valence-corrected chi connectivity index (χ4v) is 4.16. The van der Waals surface area contributed by atoms with Crippen LogP contribution < -0.4 is 0 Å². The zero-order valence-electron chi connectivity index (χ0n) is 16.0. The molecule has 2 aromatic carbocycles. The van der Waals surface area contributed by atoms with Crippen LogP contribution >= 0.6 is 23.4 Å². The van der Waals surface area contributed by atoms with Crippen LogP contribution in [0.2, 0.25) is 5.02 Å². The van der Waals surface area contributed by atoms with Gasteiger partial charge < -0.3 is 5.11 Å². The van der Waals surface area contributed by atoms with Crippen LogP contribution in [0, 0.1) is 6.92 Å². The summed E-state index contributed by atoms with van der Waals surface area (Å²) in [7, 11) is 0. The minimum atomic E-state index is -0.705. The summed E-state index contributed by atoms with van der Waals surface area (Å²) in [6.07, 6.45) is 8.75. The predicted octanol–water partition coefficient (Wildman–Crippen LogP) is 7.17. The molecule has 4 heteroatoms. The quantitative estimate of drug-likeness (QED) is 0.301. The van der Waals surface area contributed by atoms with E-state index in [1.807, 2.05) is 43.3 Å². The summed E-state index contributed by atoms with van der Waals surface area (Å²) in [5.41, 5.74) is 2.54. The van der Waals surface area contributed by atoms with Crippen molar-refractivity contribution >= 4 is 29.3 Å². The molecule has 0 saturated heterocycles. The first kappa shape index (κ1) is 21.8. The Morgan fingerprint density at radius 3 is 2.15 bits per heavy atom. The van der Waals surface area contributed by atoms with Crippen molar-refractivity contribution in [1.29, 1.82) is 0 Å². The van der Waals surface area contributed by atoms with Crippen molar-refractivity contribution in [2.75, 3.05) is 0 Å². The van der Waals surface area contributed by atoms with Gasteiger partial charge in [-0.15, -0.1) is 11.8 Å². The molecule has 0 aromatic heterocycles. The Balaban J connectivity index is 1.56. The van der Waals surface area contributed by atoms with Crippen LogP contribution in [-0.2, 0) is 11.2 Å². The van der Waals surface area contributed by atoms with Crippen molar-refractivity contribution in [1.82, 2.24) is 0 Å². The van der Waals surface area contributed by atoms with Crippen LogP contribution in [0.15, 0.2) is 53.4 Å². The van der Waals surface area contributed by atoms with Gasteiger partial charge in [0.2, 0.25) is 0 Å². The van der Waals surface area contributed by atoms with E-state index in [0.717, 1.165) is 35.6 Å². The van der Waals surface area contributed by atoms with Crippen LogP contribution in [-0.4, -0.2) is 16.3 Å². The molecular weight excluding hydrogens is 376 g/mol. The molecule has 2 aromatic rings. The molecule has 0 aliphatic heterocycles. The number of halogens is 1. The fraction of sp³-hybridized carbons (Fsp3) is 0.435. The molecule has 0 radical (unpaired) electrons. The first-order valence-electron chi connectivity index (χ1n) is 9.75. The molecule has 0 aliphatic carbocycles. The maximum absolute atomic E-state index is 11.5. The molecule has 0 heterocycles. The van der Waals surface area contributed by atoms with Crippen LogP contribution in [0.4, 0.5) is 0 Å². The lowest BCUT2D eigenvalue weighted by Crippen LogP contribution is -2.16. The van der Waals surface area contributed by atoms with E-state index in [-0.39, 0.29) is 5.25 Å². The lowest BCUT2D eigenvalue weighted by molar-refractivity contribution is -0.136. The third-order valence-electron chi connectivity index (χ3n) is 4.67. The SMILES string of the molecule is Cc1ccc(SC(CCCCCCCCc2ccc(Cl)cc2)C(=O)O)cc1. The molecule has 1 atom stereocenters. The zero-order valence-corrected chi connectivity index (χ0v) is 17.6. The van der Waals surface area contributed by atoms with Gasteiger partial charge in [0.1, 0.15) is 5.25 Å². The number of aryl methyl sites for hydroxylation is 2. The Morgan fingerprint density at radius 2 is 1.52 bits per heavy atom. The maximum atomic E-state index is 11.5. The highest BCUT2D eigenvalue weighted by atomic mass is 35.5. The van der Waals surface area contributed by atoms with Gasteiger partial charge in [-0.3, -0.25) is 4.79 Å². The lowest BCUT2D eigenvalue weighted by atomic mass is 10.0. The average molecular weight is 405 g/mol. The molecule has 27 heavy (non-hydrogen) atoms. The Hall–Kier alpha value is -1.45. The van der Waals surface area contributed by atoms with Crippen molar-refractivity contribution in [3.05, 3.63) is 64.7 Å². The molecule has 1 N–H and O–H groups in total. The molecule has 0 fully saturated rings. The number of aliphatic carboxylic acids is 1. The van der Waals surface area contributed by atoms with Gasteiger partial charge in [0.15, 0.2) is 0 Å². The molecule has 2 rings (SSSR count). The van der Waals surface area contributed by atoms with E-state index in [0.29, 0.717) is 0 Å². The normalized spacial score (nSPS) is 12.1. The fourth-order valence-electron chi connectivity index (χ4n) is 3.03. The van der Waals surface area contributed by atoms with Crippen LogP contribution in [0.3, 0.4) is 0 Å². The number of benzene rings is 2. The second-order valence-electron chi connectivity index (χ2n) is 7.04. The third-order valence-corrected chi connectivity index (χ3v) is 6.19. The van der Waals surface area contributed by atoms with Crippen molar-refractivity contribution < 1.29 is 9.90 Å². The Labute approximate surface area is 172 Å². The van der Waals surface area contributed by atoms with E-state index in [9.17, 15) is 9.90 Å². The van der Waals surface area contributed by atoms with Crippen LogP contribution in [0.1, 0.15) is 56.1 Å². The smallest absolute Gasteiger partial charge is 0.316 e. The number of carboxylic acid groups (broad SMARTS) is 1. The van der Waals surface area contributed by atoms with Crippen molar-refractivity contribution in [2.24, 2.45) is 0 Å². The Bertz CT molecular complexity index is 683. The van der Waals surface area contributed by atoms with E-state index < -0.39 is 5.97 Å². The van der Waals surface area contributed by atoms with Gasteiger partial charge in [-0.05, 0) is 56.0 Å². The predicted molar refractivity (Wildman–Crippen MR) is 116 cm³/mol. The number of unbranched alkanes of at least 4 members (excludes halogenated alkanes) is 5. The van der Waals surface area contributed by atoms with E-state index >= 15 is 0 Å². The van der Waals surface area contributed by atoms with Gasteiger partial charge in [0.25, 0.3) is 0 Å². The first-order valence-corrected chi connectivity index (χ1v) is 11.0. The zero-order chi connectivity index (χ0) is 19.5. The summed E-state index contributed by atoms with van der Waals surface area (Å²) in [6.45, 7) is 2.04. The highest BCUT2D eigenvalue weighted by molar-refractivity contribution is 8.00. The van der Waals surface area contributed by atoms with Gasteiger partial charge in [0.05, 0.1) is 0 Å². The van der Waals surface area contributed by atoms with Crippen molar-refractivity contribution in [2.45, 2.75) is 68.4 Å². The molecular formula is C23H29ClO2S. The molecule has 0 bridgehead atoms. The van der Waals surface area contributed by atoms with Crippen LogP contribution in [0.5, 0.6) is 0 Å². The number of thioether (sulfide) groups is 1. The lowest BCUT2D eigenvalue weighted by Gasteiger charge is -2.12. The molecule has 146 valence electrons. The number of carboxylic acids is 1. The highest BCUT2D eigenvalue weighted by Gasteiger charge is 2.18. The monoisotopic (exact) mass is 404 g/mol. The number of rotatable bonds is 12. The van der Waals surface area contributed by atoms with Crippen molar-refractivity contribution in [3.8, 4) is 0 Å². The minimum Gasteiger partial charge on any atom is -0.480 e. The van der Waals surface area contributed by atoms with Gasteiger partial charge in [-0.2, -0.15) is 0 Å². The summed E-state index contributed by atoms with van der Waals surface area (Å²) in [5.74, 6) is -0.705. The van der Waals surface area contributed by atoms with E-state index in [2.05, 4.69) is 12.1 Å². The van der Waals surface area contributed by atoms with E-state index in [1.54, 1.807) is 0 Å². The molecule has 0 amide bonds. The van der Waals surface area contributed by atoms with Crippen molar-refractivity contribution in [3.63, 3.8) is 0 Å². The third kappa shape index (κ3) is 8.85. The summed E-state index contributed by atoms with van der Waals surface area (Å²) < 4.78 is 0. The first-order chi connectivity index (χ1) is 13.0.